The molecule has 0 aliphatic rings. The highest BCUT2D eigenvalue weighted by Gasteiger charge is 2.12. The number of hydrogen-bond donors (Lipinski definition) is 2. The average molecular weight is 371 g/mol. The van der Waals surface area contributed by atoms with E-state index in [1.807, 2.05) is 13.1 Å². The molecule has 0 bridgehead atoms. The van der Waals surface area contributed by atoms with Crippen LogP contribution in [0.4, 0.5) is 5.82 Å². The second kappa shape index (κ2) is 6.16. The van der Waals surface area contributed by atoms with Crippen molar-refractivity contribution in [2.45, 2.75) is 6.61 Å². The molecule has 5 nitrogen and oxygen atoms in total. The first-order valence-corrected chi connectivity index (χ1v) is 6.76. The number of phenols is 1. The molecule has 1 aromatic carbocycles. The zero-order valence-corrected chi connectivity index (χ0v) is 12.8. The minimum absolute atomic E-state index is 0.193. The smallest absolute Gasteiger partial charge is 0.162 e. The van der Waals surface area contributed by atoms with Gasteiger partial charge in [-0.05, 0) is 34.7 Å². The fraction of sp³-hybridized carbons (Fsp3) is 0.231. The Bertz CT molecular complexity index is 590. The highest BCUT2D eigenvalue weighted by Crippen LogP contribution is 2.25. The molecule has 0 spiro atoms. The number of anilines is 1. The van der Waals surface area contributed by atoms with E-state index >= 15 is 0 Å². The van der Waals surface area contributed by atoms with Crippen molar-refractivity contribution >= 4 is 28.4 Å². The van der Waals surface area contributed by atoms with Crippen LogP contribution in [0.15, 0.2) is 24.3 Å². The van der Waals surface area contributed by atoms with Crippen LogP contribution in [0.1, 0.15) is 5.69 Å². The second-order valence-corrected chi connectivity index (χ2v) is 4.97. The molecule has 19 heavy (non-hydrogen) atoms. The Hall–Kier alpha value is -1.41. The molecule has 0 aliphatic carbocycles. The molecule has 1 aromatic heterocycles. The van der Waals surface area contributed by atoms with Crippen LogP contribution in [-0.4, -0.2) is 29.2 Å². The number of hydrogen-bond acceptors (Lipinski definition) is 5. The van der Waals surface area contributed by atoms with Crippen LogP contribution < -0.4 is 5.32 Å². The SMILES string of the molecule is CNc1nc(-c2cccc(O)c2)nc(COC)c1I. The maximum Gasteiger partial charge on any atom is 0.162 e. The van der Waals surface area contributed by atoms with E-state index in [0.29, 0.717) is 12.4 Å². The number of phenolic OH excluding ortho intramolecular Hbond substituents is 1. The molecule has 2 N–H and O–H groups in total. The van der Waals surface area contributed by atoms with Crippen molar-refractivity contribution in [3.63, 3.8) is 0 Å². The molecule has 0 saturated heterocycles. The van der Waals surface area contributed by atoms with E-state index < -0.39 is 0 Å². The van der Waals surface area contributed by atoms with Gasteiger partial charge < -0.3 is 15.2 Å². The van der Waals surface area contributed by atoms with Gasteiger partial charge in [-0.1, -0.05) is 12.1 Å². The zero-order valence-electron chi connectivity index (χ0n) is 10.6. The molecule has 0 aliphatic heterocycles. The van der Waals surface area contributed by atoms with E-state index in [4.69, 9.17) is 4.74 Å². The Morgan fingerprint density at radius 2 is 2.16 bits per heavy atom. The molecule has 0 saturated carbocycles. The van der Waals surface area contributed by atoms with Crippen molar-refractivity contribution in [1.82, 2.24) is 9.97 Å². The summed E-state index contributed by atoms with van der Waals surface area (Å²) in [4.78, 5) is 8.94. The maximum atomic E-state index is 9.53. The predicted octanol–water partition coefficient (Wildman–Crippen LogP) is 2.64. The summed E-state index contributed by atoms with van der Waals surface area (Å²) in [6, 6.07) is 6.88. The number of aromatic nitrogens is 2. The van der Waals surface area contributed by atoms with Crippen LogP contribution in [0.25, 0.3) is 11.4 Å². The van der Waals surface area contributed by atoms with E-state index in [2.05, 4.69) is 37.9 Å². The molecule has 2 aromatic rings. The third kappa shape index (κ3) is 3.13. The molecule has 1 heterocycles. The minimum atomic E-state index is 0.193. The third-order valence-corrected chi connectivity index (χ3v) is 3.68. The first-order valence-electron chi connectivity index (χ1n) is 5.68. The van der Waals surface area contributed by atoms with Gasteiger partial charge >= 0.3 is 0 Å². The van der Waals surface area contributed by atoms with Crippen molar-refractivity contribution in [3.8, 4) is 17.1 Å². The van der Waals surface area contributed by atoms with E-state index in [1.165, 1.54) is 0 Å². The van der Waals surface area contributed by atoms with Gasteiger partial charge in [-0.25, -0.2) is 9.97 Å². The van der Waals surface area contributed by atoms with Crippen molar-refractivity contribution < 1.29 is 9.84 Å². The molecule has 2 rings (SSSR count). The predicted molar refractivity (Wildman–Crippen MR) is 82.1 cm³/mol. The van der Waals surface area contributed by atoms with Crippen LogP contribution in [-0.2, 0) is 11.3 Å². The lowest BCUT2D eigenvalue weighted by Crippen LogP contribution is -2.06. The molecule has 0 radical (unpaired) electrons. The number of aromatic hydroxyl groups is 1. The molecular formula is C13H14IN3O2. The fourth-order valence-corrected chi connectivity index (χ4v) is 2.33. The van der Waals surface area contributed by atoms with Gasteiger partial charge in [0.15, 0.2) is 5.82 Å². The van der Waals surface area contributed by atoms with Gasteiger partial charge in [-0.2, -0.15) is 0 Å². The Morgan fingerprint density at radius 1 is 1.37 bits per heavy atom. The van der Waals surface area contributed by atoms with Gasteiger partial charge in [0.1, 0.15) is 11.6 Å². The molecule has 0 unspecified atom stereocenters. The highest BCUT2D eigenvalue weighted by molar-refractivity contribution is 14.1. The normalized spacial score (nSPS) is 10.5. The molecule has 6 heteroatoms. The maximum absolute atomic E-state index is 9.53. The van der Waals surface area contributed by atoms with Crippen LogP contribution in [0.3, 0.4) is 0 Å². The third-order valence-electron chi connectivity index (χ3n) is 2.54. The summed E-state index contributed by atoms with van der Waals surface area (Å²) in [7, 11) is 3.44. The van der Waals surface area contributed by atoms with Gasteiger partial charge in [0.05, 0.1) is 15.9 Å². The van der Waals surface area contributed by atoms with Crippen molar-refractivity contribution in [1.29, 1.82) is 0 Å². The van der Waals surface area contributed by atoms with Crippen molar-refractivity contribution in [2.24, 2.45) is 0 Å². The standard InChI is InChI=1S/C13H14IN3O2/c1-15-13-11(14)10(7-19-2)16-12(17-13)8-4-3-5-9(18)6-8/h3-6,18H,7H2,1-2H3,(H,15,16,17). The van der Waals surface area contributed by atoms with Gasteiger partial charge in [-0.3, -0.25) is 0 Å². The van der Waals surface area contributed by atoms with Gasteiger partial charge in [0.2, 0.25) is 0 Å². The Kier molecular flexibility index (Phi) is 4.54. The summed E-state index contributed by atoms with van der Waals surface area (Å²) in [5, 5.41) is 12.6. The van der Waals surface area contributed by atoms with Crippen LogP contribution in [0, 0.1) is 3.57 Å². The number of benzene rings is 1. The first kappa shape index (κ1) is 14.0. The second-order valence-electron chi connectivity index (χ2n) is 3.89. The van der Waals surface area contributed by atoms with E-state index in [9.17, 15) is 5.11 Å². The number of ether oxygens (including phenoxy) is 1. The summed E-state index contributed by atoms with van der Waals surface area (Å²) in [6.07, 6.45) is 0. The summed E-state index contributed by atoms with van der Waals surface area (Å²) >= 11 is 2.19. The lowest BCUT2D eigenvalue weighted by molar-refractivity contribution is 0.181. The number of nitrogens with one attached hydrogen (secondary N) is 1. The van der Waals surface area contributed by atoms with E-state index in [-0.39, 0.29) is 5.75 Å². The van der Waals surface area contributed by atoms with Crippen LogP contribution in [0.2, 0.25) is 0 Å². The van der Waals surface area contributed by atoms with Crippen molar-refractivity contribution in [3.05, 3.63) is 33.5 Å². The summed E-state index contributed by atoms with van der Waals surface area (Å²) in [5.74, 6) is 1.51. The summed E-state index contributed by atoms with van der Waals surface area (Å²) < 4.78 is 6.09. The number of methoxy groups -OCH3 is 1. The number of rotatable bonds is 4. The number of nitrogens with zero attached hydrogens (tertiary/aromatic N) is 2. The van der Waals surface area contributed by atoms with Gasteiger partial charge in [0, 0.05) is 19.7 Å². The topological polar surface area (TPSA) is 67.3 Å². The minimum Gasteiger partial charge on any atom is -0.508 e. The van der Waals surface area contributed by atoms with Crippen LogP contribution in [0.5, 0.6) is 5.75 Å². The first-order chi connectivity index (χ1) is 9.15. The van der Waals surface area contributed by atoms with Crippen LogP contribution >= 0.6 is 22.6 Å². The lowest BCUT2D eigenvalue weighted by Gasteiger charge is -2.11. The Morgan fingerprint density at radius 3 is 2.79 bits per heavy atom. The summed E-state index contributed by atoms with van der Waals surface area (Å²) in [6.45, 7) is 0.418. The Balaban J connectivity index is 2.54. The van der Waals surface area contributed by atoms with E-state index in [0.717, 1.165) is 20.6 Å². The summed E-state index contributed by atoms with van der Waals surface area (Å²) in [5.41, 5.74) is 1.59. The van der Waals surface area contributed by atoms with Crippen molar-refractivity contribution in [2.75, 3.05) is 19.5 Å². The molecular weight excluding hydrogens is 357 g/mol. The molecule has 0 amide bonds. The number of halogens is 1. The molecule has 100 valence electrons. The lowest BCUT2D eigenvalue weighted by atomic mass is 10.2. The zero-order chi connectivity index (χ0) is 13.8. The van der Waals surface area contributed by atoms with Gasteiger partial charge in [-0.15, -0.1) is 0 Å². The molecule has 0 atom stereocenters. The molecule has 0 fully saturated rings. The largest absolute Gasteiger partial charge is 0.508 e. The Labute approximate surface area is 125 Å². The monoisotopic (exact) mass is 371 g/mol. The quantitative estimate of drug-likeness (QED) is 0.809. The fourth-order valence-electron chi connectivity index (χ4n) is 1.67. The average Bonchev–Trinajstić information content (AvgIpc) is 2.41. The highest BCUT2D eigenvalue weighted by atomic mass is 127. The van der Waals surface area contributed by atoms with E-state index in [1.54, 1.807) is 25.3 Å². The van der Waals surface area contributed by atoms with Gasteiger partial charge in [0.25, 0.3) is 0 Å².